The molecule has 0 unspecified atom stereocenters. The number of nitrogens with one attached hydrogen (secondary N) is 1. The zero-order chi connectivity index (χ0) is 6.53. The summed E-state index contributed by atoms with van der Waals surface area (Å²) in [5, 5.41) is 2.58. The number of hydrogen-bond acceptors (Lipinski definition) is 1. The summed E-state index contributed by atoms with van der Waals surface area (Å²) >= 11 is 0. The standard InChI is InChI=1S/C7H12NO/c9-6-8-5-7-3-1-2-4-7/h5-7H,1-4H2,(H,8,9). The van der Waals surface area contributed by atoms with E-state index in [1.807, 2.05) is 6.54 Å². The Bertz CT molecular complexity index is 86.9. The van der Waals surface area contributed by atoms with Crippen LogP contribution in [-0.2, 0) is 4.79 Å². The minimum absolute atomic E-state index is 0.648. The first-order valence-electron chi connectivity index (χ1n) is 3.46. The molecule has 0 atom stereocenters. The first-order chi connectivity index (χ1) is 4.43. The molecule has 1 amide bonds. The molecule has 0 spiro atoms. The van der Waals surface area contributed by atoms with Crippen LogP contribution in [0.5, 0.6) is 0 Å². The van der Waals surface area contributed by atoms with Crippen molar-refractivity contribution in [3.63, 3.8) is 0 Å². The molecule has 1 aliphatic rings. The van der Waals surface area contributed by atoms with Crippen LogP contribution in [0.1, 0.15) is 25.7 Å². The molecule has 1 fully saturated rings. The SMILES string of the molecule is O=CN[CH]C1CCCC1. The van der Waals surface area contributed by atoms with Crippen LogP contribution in [0.3, 0.4) is 0 Å². The molecule has 0 aromatic carbocycles. The monoisotopic (exact) mass is 126 g/mol. The van der Waals surface area contributed by atoms with Crippen LogP contribution in [0, 0.1) is 12.5 Å². The summed E-state index contributed by atoms with van der Waals surface area (Å²) in [6.07, 6.45) is 5.88. The van der Waals surface area contributed by atoms with Crippen molar-refractivity contribution in [1.82, 2.24) is 5.32 Å². The summed E-state index contributed by atoms with van der Waals surface area (Å²) in [5.74, 6) is 0.648. The maximum atomic E-state index is 9.82. The van der Waals surface area contributed by atoms with E-state index in [1.165, 1.54) is 25.7 Å². The third-order valence-corrected chi connectivity index (χ3v) is 1.80. The fourth-order valence-corrected chi connectivity index (χ4v) is 1.30. The zero-order valence-corrected chi connectivity index (χ0v) is 5.47. The van der Waals surface area contributed by atoms with Crippen molar-refractivity contribution in [2.45, 2.75) is 25.7 Å². The van der Waals surface area contributed by atoms with Gasteiger partial charge in [0.05, 0.1) is 6.54 Å². The minimum Gasteiger partial charge on any atom is -0.354 e. The van der Waals surface area contributed by atoms with E-state index in [-0.39, 0.29) is 0 Å². The van der Waals surface area contributed by atoms with Gasteiger partial charge < -0.3 is 5.32 Å². The van der Waals surface area contributed by atoms with Gasteiger partial charge in [0.1, 0.15) is 0 Å². The normalized spacial score (nSPS) is 20.0. The molecule has 1 radical (unpaired) electrons. The van der Waals surface area contributed by atoms with E-state index in [0.29, 0.717) is 5.92 Å². The highest BCUT2D eigenvalue weighted by molar-refractivity contribution is 5.47. The smallest absolute Gasteiger partial charge is 0.207 e. The molecule has 1 saturated carbocycles. The lowest BCUT2D eigenvalue weighted by Crippen LogP contribution is -2.12. The van der Waals surface area contributed by atoms with Gasteiger partial charge in [-0.05, 0) is 18.8 Å². The molecule has 51 valence electrons. The quantitative estimate of drug-likeness (QED) is 0.563. The van der Waals surface area contributed by atoms with Crippen molar-refractivity contribution >= 4 is 6.41 Å². The Hall–Kier alpha value is -0.530. The topological polar surface area (TPSA) is 29.1 Å². The Morgan fingerprint density at radius 2 is 2.00 bits per heavy atom. The molecule has 2 nitrogen and oxygen atoms in total. The van der Waals surface area contributed by atoms with Crippen LogP contribution in [0.4, 0.5) is 0 Å². The second-order valence-corrected chi connectivity index (χ2v) is 2.50. The molecule has 1 aliphatic carbocycles. The van der Waals surface area contributed by atoms with Crippen LogP contribution < -0.4 is 5.32 Å². The van der Waals surface area contributed by atoms with Gasteiger partial charge in [0.15, 0.2) is 0 Å². The zero-order valence-electron chi connectivity index (χ0n) is 5.47. The Labute approximate surface area is 55.6 Å². The van der Waals surface area contributed by atoms with Crippen molar-refractivity contribution in [3.8, 4) is 0 Å². The Morgan fingerprint density at radius 1 is 1.33 bits per heavy atom. The van der Waals surface area contributed by atoms with E-state index in [9.17, 15) is 4.79 Å². The van der Waals surface area contributed by atoms with E-state index in [0.717, 1.165) is 6.41 Å². The molecule has 2 heteroatoms. The molecule has 0 bridgehead atoms. The second-order valence-electron chi connectivity index (χ2n) is 2.50. The van der Waals surface area contributed by atoms with Gasteiger partial charge in [-0.2, -0.15) is 0 Å². The van der Waals surface area contributed by atoms with Crippen LogP contribution >= 0.6 is 0 Å². The van der Waals surface area contributed by atoms with Gasteiger partial charge in [0, 0.05) is 0 Å². The maximum absolute atomic E-state index is 9.82. The van der Waals surface area contributed by atoms with Crippen LogP contribution in [0.25, 0.3) is 0 Å². The Morgan fingerprint density at radius 3 is 2.56 bits per heavy atom. The molecular formula is C7H12NO. The second kappa shape index (κ2) is 3.49. The predicted molar refractivity (Wildman–Crippen MR) is 35.5 cm³/mol. The van der Waals surface area contributed by atoms with E-state index in [2.05, 4.69) is 5.32 Å². The molecule has 0 saturated heterocycles. The van der Waals surface area contributed by atoms with Gasteiger partial charge in [-0.15, -0.1) is 0 Å². The third kappa shape index (κ3) is 2.04. The molecule has 0 aliphatic heterocycles. The Balaban J connectivity index is 2.04. The van der Waals surface area contributed by atoms with Gasteiger partial charge >= 0.3 is 0 Å². The van der Waals surface area contributed by atoms with E-state index < -0.39 is 0 Å². The van der Waals surface area contributed by atoms with Gasteiger partial charge in [-0.1, -0.05) is 12.8 Å². The third-order valence-electron chi connectivity index (χ3n) is 1.80. The van der Waals surface area contributed by atoms with Crippen molar-refractivity contribution in [3.05, 3.63) is 6.54 Å². The fraction of sp³-hybridized carbons (Fsp3) is 0.714. The average molecular weight is 126 g/mol. The number of rotatable bonds is 3. The van der Waals surface area contributed by atoms with E-state index in [4.69, 9.17) is 0 Å². The maximum Gasteiger partial charge on any atom is 0.207 e. The molecule has 9 heavy (non-hydrogen) atoms. The summed E-state index contributed by atoms with van der Waals surface area (Å²) in [7, 11) is 0. The molecule has 1 N–H and O–H groups in total. The highest BCUT2D eigenvalue weighted by Gasteiger charge is 2.13. The first-order valence-corrected chi connectivity index (χ1v) is 3.46. The average Bonchev–Trinajstić information content (AvgIpc) is 2.34. The molecule has 1 rings (SSSR count). The largest absolute Gasteiger partial charge is 0.354 e. The summed E-state index contributed by atoms with van der Waals surface area (Å²) in [6.45, 7) is 1.90. The van der Waals surface area contributed by atoms with E-state index in [1.54, 1.807) is 0 Å². The van der Waals surface area contributed by atoms with Gasteiger partial charge in [0.25, 0.3) is 0 Å². The van der Waals surface area contributed by atoms with Crippen LogP contribution in [0.2, 0.25) is 0 Å². The van der Waals surface area contributed by atoms with Crippen molar-refractivity contribution < 1.29 is 4.79 Å². The van der Waals surface area contributed by atoms with Crippen LogP contribution in [-0.4, -0.2) is 6.41 Å². The first kappa shape index (κ1) is 6.59. The van der Waals surface area contributed by atoms with Crippen molar-refractivity contribution in [2.24, 2.45) is 5.92 Å². The number of carbonyl (C=O) groups is 1. The molecule has 0 aromatic rings. The summed E-state index contributed by atoms with van der Waals surface area (Å²) in [5.41, 5.74) is 0. The summed E-state index contributed by atoms with van der Waals surface area (Å²) in [6, 6.07) is 0. The van der Waals surface area contributed by atoms with Crippen molar-refractivity contribution in [1.29, 1.82) is 0 Å². The summed E-state index contributed by atoms with van der Waals surface area (Å²) < 4.78 is 0. The molecule has 0 heterocycles. The lowest BCUT2D eigenvalue weighted by atomic mass is 10.1. The predicted octanol–water partition coefficient (Wildman–Crippen LogP) is 1.08. The highest BCUT2D eigenvalue weighted by atomic mass is 16.1. The van der Waals surface area contributed by atoms with E-state index >= 15 is 0 Å². The van der Waals surface area contributed by atoms with Crippen LogP contribution in [0.15, 0.2) is 0 Å². The van der Waals surface area contributed by atoms with Gasteiger partial charge in [0.2, 0.25) is 6.41 Å². The Kier molecular flexibility index (Phi) is 2.55. The lowest BCUT2D eigenvalue weighted by molar-refractivity contribution is -0.109. The number of carbonyl (C=O) groups excluding carboxylic acids is 1. The molecular weight excluding hydrogens is 114 g/mol. The summed E-state index contributed by atoms with van der Waals surface area (Å²) in [4.78, 5) is 9.82. The highest BCUT2D eigenvalue weighted by Crippen LogP contribution is 2.25. The fourth-order valence-electron chi connectivity index (χ4n) is 1.30. The van der Waals surface area contributed by atoms with Gasteiger partial charge in [-0.25, -0.2) is 0 Å². The molecule has 0 aromatic heterocycles. The van der Waals surface area contributed by atoms with Gasteiger partial charge in [-0.3, -0.25) is 4.79 Å². The van der Waals surface area contributed by atoms with Crippen molar-refractivity contribution in [2.75, 3.05) is 0 Å². The lowest BCUT2D eigenvalue weighted by Gasteiger charge is -2.04. The number of hydrogen-bond donors (Lipinski definition) is 1. The minimum atomic E-state index is 0.648. The number of amides is 1.